The molecule has 0 aliphatic rings. The van der Waals surface area contributed by atoms with E-state index in [2.05, 4.69) is 61.5 Å². The van der Waals surface area contributed by atoms with Crippen LogP contribution in [0.2, 0.25) is 0 Å². The molecule has 0 spiro atoms. The predicted octanol–water partition coefficient (Wildman–Crippen LogP) is 10.8. The molecule has 32 heavy (non-hydrogen) atoms. The Morgan fingerprint density at radius 1 is 0.438 bits per heavy atom. The summed E-state index contributed by atoms with van der Waals surface area (Å²) in [6, 6.07) is 20.3. The third-order valence-corrected chi connectivity index (χ3v) is 7.14. The Labute approximate surface area is 197 Å². The molecule has 174 valence electrons. The molecule has 0 saturated heterocycles. The molecule has 0 heterocycles. The average molecular weight is 431 g/mol. The van der Waals surface area contributed by atoms with Crippen LogP contribution in [-0.2, 0) is 6.42 Å². The minimum Gasteiger partial charge on any atom is -0.0654 e. The third-order valence-electron chi connectivity index (χ3n) is 7.14. The Hall–Kier alpha value is -1.82. The highest BCUT2D eigenvalue weighted by molar-refractivity contribution is 5.99. The highest BCUT2D eigenvalue weighted by Gasteiger charge is 2.03. The SMILES string of the molecule is CCCCCCCCCCCCCCCCCCc1cccc2cc3ccccc3cc12. The first-order valence-electron chi connectivity index (χ1n) is 13.8. The van der Waals surface area contributed by atoms with Gasteiger partial charge in [0.15, 0.2) is 0 Å². The number of benzene rings is 3. The number of rotatable bonds is 17. The van der Waals surface area contributed by atoms with Crippen LogP contribution in [0.5, 0.6) is 0 Å². The van der Waals surface area contributed by atoms with E-state index in [-0.39, 0.29) is 0 Å². The number of aryl methyl sites for hydroxylation is 1. The third kappa shape index (κ3) is 8.61. The molecule has 0 aliphatic heterocycles. The van der Waals surface area contributed by atoms with Crippen LogP contribution in [0.1, 0.15) is 115 Å². The molecule has 0 aliphatic carbocycles. The zero-order chi connectivity index (χ0) is 22.3. The fraction of sp³-hybridized carbons (Fsp3) is 0.562. The molecule has 0 bridgehead atoms. The van der Waals surface area contributed by atoms with Crippen LogP contribution < -0.4 is 0 Å². The number of hydrogen-bond acceptors (Lipinski definition) is 0. The van der Waals surface area contributed by atoms with Gasteiger partial charge in [-0.25, -0.2) is 0 Å². The first-order valence-corrected chi connectivity index (χ1v) is 13.8. The van der Waals surface area contributed by atoms with Gasteiger partial charge < -0.3 is 0 Å². The fourth-order valence-electron chi connectivity index (χ4n) is 5.11. The normalized spacial score (nSPS) is 11.5. The molecule has 0 radical (unpaired) electrons. The van der Waals surface area contributed by atoms with E-state index in [1.807, 2.05) is 0 Å². The van der Waals surface area contributed by atoms with Crippen LogP contribution in [0.3, 0.4) is 0 Å². The van der Waals surface area contributed by atoms with Gasteiger partial charge in [0.1, 0.15) is 0 Å². The second-order valence-electron chi connectivity index (χ2n) is 9.89. The van der Waals surface area contributed by atoms with Crippen molar-refractivity contribution in [2.45, 2.75) is 116 Å². The first kappa shape index (κ1) is 24.8. The van der Waals surface area contributed by atoms with E-state index in [9.17, 15) is 0 Å². The van der Waals surface area contributed by atoms with E-state index >= 15 is 0 Å². The van der Waals surface area contributed by atoms with E-state index in [1.54, 1.807) is 0 Å². The first-order chi connectivity index (χ1) is 15.9. The van der Waals surface area contributed by atoms with Crippen molar-refractivity contribution in [3.63, 3.8) is 0 Å². The van der Waals surface area contributed by atoms with E-state index in [0.717, 1.165) is 0 Å². The zero-order valence-corrected chi connectivity index (χ0v) is 20.7. The van der Waals surface area contributed by atoms with Crippen molar-refractivity contribution < 1.29 is 0 Å². The van der Waals surface area contributed by atoms with Crippen molar-refractivity contribution in [1.29, 1.82) is 0 Å². The maximum absolute atomic E-state index is 2.40. The van der Waals surface area contributed by atoms with Gasteiger partial charge in [0, 0.05) is 0 Å². The minimum absolute atomic E-state index is 1.22. The summed E-state index contributed by atoms with van der Waals surface area (Å²) < 4.78 is 0. The monoisotopic (exact) mass is 430 g/mol. The predicted molar refractivity (Wildman–Crippen MR) is 145 cm³/mol. The summed E-state index contributed by atoms with van der Waals surface area (Å²) in [5.41, 5.74) is 1.53. The summed E-state index contributed by atoms with van der Waals surface area (Å²) in [6.45, 7) is 2.30. The van der Waals surface area contributed by atoms with Crippen LogP contribution in [0.4, 0.5) is 0 Å². The van der Waals surface area contributed by atoms with E-state index < -0.39 is 0 Å². The lowest BCUT2D eigenvalue weighted by molar-refractivity contribution is 0.529. The second-order valence-corrected chi connectivity index (χ2v) is 9.89. The second kappa shape index (κ2) is 15.1. The van der Waals surface area contributed by atoms with Gasteiger partial charge in [-0.05, 0) is 52.1 Å². The topological polar surface area (TPSA) is 0 Å². The molecule has 0 N–H and O–H groups in total. The van der Waals surface area contributed by atoms with Crippen molar-refractivity contribution in [3.05, 3.63) is 60.2 Å². The van der Waals surface area contributed by atoms with Gasteiger partial charge in [0.05, 0.1) is 0 Å². The van der Waals surface area contributed by atoms with Crippen LogP contribution >= 0.6 is 0 Å². The molecule has 0 atom stereocenters. The van der Waals surface area contributed by atoms with Crippen LogP contribution in [0.15, 0.2) is 54.6 Å². The zero-order valence-electron chi connectivity index (χ0n) is 20.7. The summed E-state index contributed by atoms with van der Waals surface area (Å²) in [4.78, 5) is 0. The molecule has 0 saturated carbocycles. The maximum Gasteiger partial charge on any atom is -0.0146 e. The van der Waals surface area contributed by atoms with Gasteiger partial charge in [-0.15, -0.1) is 0 Å². The summed E-state index contributed by atoms with van der Waals surface area (Å²) in [5, 5.41) is 5.55. The molecule has 0 aromatic heterocycles. The van der Waals surface area contributed by atoms with Crippen molar-refractivity contribution in [3.8, 4) is 0 Å². The van der Waals surface area contributed by atoms with E-state index in [4.69, 9.17) is 0 Å². The quantitative estimate of drug-likeness (QED) is 0.147. The molecule has 3 rings (SSSR count). The molecular formula is C32H46. The van der Waals surface area contributed by atoms with Crippen molar-refractivity contribution in [2.75, 3.05) is 0 Å². The highest BCUT2D eigenvalue weighted by atomic mass is 14.1. The number of unbranched alkanes of at least 4 members (excludes halogenated alkanes) is 15. The minimum atomic E-state index is 1.22. The number of hydrogen-bond donors (Lipinski definition) is 0. The average Bonchev–Trinajstić information content (AvgIpc) is 2.82. The largest absolute Gasteiger partial charge is 0.0654 e. The fourth-order valence-corrected chi connectivity index (χ4v) is 5.11. The van der Waals surface area contributed by atoms with Gasteiger partial charge in [0.2, 0.25) is 0 Å². The van der Waals surface area contributed by atoms with Gasteiger partial charge in [-0.1, -0.05) is 146 Å². The molecular weight excluding hydrogens is 384 g/mol. The molecule has 0 nitrogen and oxygen atoms in total. The lowest BCUT2D eigenvalue weighted by atomic mass is 9.96. The van der Waals surface area contributed by atoms with E-state index in [0.29, 0.717) is 0 Å². The van der Waals surface area contributed by atoms with Crippen LogP contribution in [0, 0.1) is 0 Å². The van der Waals surface area contributed by atoms with E-state index in [1.165, 1.54) is 136 Å². The van der Waals surface area contributed by atoms with Crippen molar-refractivity contribution >= 4 is 21.5 Å². The van der Waals surface area contributed by atoms with Crippen LogP contribution in [0.25, 0.3) is 21.5 Å². The van der Waals surface area contributed by atoms with Gasteiger partial charge in [-0.3, -0.25) is 0 Å². The van der Waals surface area contributed by atoms with Crippen molar-refractivity contribution in [2.24, 2.45) is 0 Å². The molecule has 0 fully saturated rings. The van der Waals surface area contributed by atoms with Gasteiger partial charge in [0.25, 0.3) is 0 Å². The summed E-state index contributed by atoms with van der Waals surface area (Å²) in [5.74, 6) is 0. The summed E-state index contributed by atoms with van der Waals surface area (Å²) in [7, 11) is 0. The van der Waals surface area contributed by atoms with Crippen LogP contribution in [-0.4, -0.2) is 0 Å². The Kier molecular flexibility index (Phi) is 11.7. The molecule has 3 aromatic rings. The highest BCUT2D eigenvalue weighted by Crippen LogP contribution is 2.26. The Morgan fingerprint density at radius 2 is 0.906 bits per heavy atom. The molecule has 0 unspecified atom stereocenters. The standard InChI is InChI=1S/C32H46/c1-2-3-4-5-6-7-8-9-10-11-12-13-14-15-16-17-21-28-24-20-25-31-26-29-22-18-19-23-30(29)27-32(28)31/h18-20,22-27H,2-17,21H2,1H3. The smallest absolute Gasteiger partial charge is 0.0146 e. The van der Waals surface area contributed by atoms with Gasteiger partial charge in [-0.2, -0.15) is 0 Å². The van der Waals surface area contributed by atoms with Gasteiger partial charge >= 0.3 is 0 Å². The lowest BCUT2D eigenvalue weighted by Gasteiger charge is -2.09. The lowest BCUT2D eigenvalue weighted by Crippen LogP contribution is -1.89. The Bertz CT molecular complexity index is 891. The molecule has 0 amide bonds. The molecule has 3 aromatic carbocycles. The Balaban J connectivity index is 1.22. The number of fused-ring (bicyclic) bond motifs is 2. The summed E-state index contributed by atoms with van der Waals surface area (Å²) >= 11 is 0. The van der Waals surface area contributed by atoms with Crippen molar-refractivity contribution in [1.82, 2.24) is 0 Å². The Morgan fingerprint density at radius 3 is 1.47 bits per heavy atom. The maximum atomic E-state index is 2.40. The summed E-state index contributed by atoms with van der Waals surface area (Å²) in [6.07, 6.45) is 24.2. The molecule has 0 heteroatoms.